The molecule has 1 heteroatoms. The molecule has 0 spiro atoms. The van der Waals surface area contributed by atoms with E-state index >= 15 is 0 Å². The molecule has 0 heterocycles. The average molecular weight is 206 g/mol. The SMILES string of the molecule is CCC(Oc1ccc(C)cc1C)C(C)C. The molecule has 1 aromatic rings. The van der Waals surface area contributed by atoms with Crippen molar-refractivity contribution in [1.29, 1.82) is 0 Å². The summed E-state index contributed by atoms with van der Waals surface area (Å²) in [7, 11) is 0. The fourth-order valence-electron chi connectivity index (χ4n) is 1.79. The number of aryl methyl sites for hydroxylation is 2. The number of ether oxygens (including phenoxy) is 1. The van der Waals surface area contributed by atoms with Crippen molar-refractivity contribution >= 4 is 0 Å². The van der Waals surface area contributed by atoms with Gasteiger partial charge >= 0.3 is 0 Å². The third kappa shape index (κ3) is 3.26. The summed E-state index contributed by atoms with van der Waals surface area (Å²) in [5.41, 5.74) is 2.52. The van der Waals surface area contributed by atoms with Gasteiger partial charge in [0.05, 0.1) is 0 Å². The Labute approximate surface area is 93.5 Å². The highest BCUT2D eigenvalue weighted by Gasteiger charge is 2.13. The fourth-order valence-corrected chi connectivity index (χ4v) is 1.79. The average Bonchev–Trinajstić information content (AvgIpc) is 2.16. The lowest BCUT2D eigenvalue weighted by atomic mass is 10.0. The lowest BCUT2D eigenvalue weighted by Crippen LogP contribution is -2.22. The van der Waals surface area contributed by atoms with Crippen LogP contribution in [0.25, 0.3) is 0 Å². The number of hydrogen-bond acceptors (Lipinski definition) is 1. The summed E-state index contributed by atoms with van der Waals surface area (Å²) >= 11 is 0. The van der Waals surface area contributed by atoms with E-state index in [0.717, 1.165) is 12.2 Å². The normalized spacial score (nSPS) is 12.9. The summed E-state index contributed by atoms with van der Waals surface area (Å²) in [4.78, 5) is 0. The molecule has 1 unspecified atom stereocenters. The van der Waals surface area contributed by atoms with E-state index in [2.05, 4.69) is 52.8 Å². The largest absolute Gasteiger partial charge is 0.490 e. The number of hydrogen-bond donors (Lipinski definition) is 0. The molecule has 0 radical (unpaired) electrons. The molecule has 0 aliphatic heterocycles. The van der Waals surface area contributed by atoms with Crippen molar-refractivity contribution in [3.63, 3.8) is 0 Å². The molecule has 0 aliphatic rings. The predicted molar refractivity (Wildman–Crippen MR) is 65.5 cm³/mol. The Morgan fingerprint density at radius 1 is 1.20 bits per heavy atom. The molecule has 0 saturated heterocycles. The molecule has 1 atom stereocenters. The Hall–Kier alpha value is -0.980. The highest BCUT2D eigenvalue weighted by Crippen LogP contribution is 2.23. The zero-order valence-electron chi connectivity index (χ0n) is 10.5. The van der Waals surface area contributed by atoms with Crippen LogP contribution in [0.4, 0.5) is 0 Å². The summed E-state index contributed by atoms with van der Waals surface area (Å²) in [5, 5.41) is 0. The first-order valence-electron chi connectivity index (χ1n) is 5.78. The third-order valence-electron chi connectivity index (χ3n) is 2.75. The van der Waals surface area contributed by atoms with Gasteiger partial charge in [0.1, 0.15) is 11.9 Å². The maximum atomic E-state index is 6.01. The van der Waals surface area contributed by atoms with Gasteiger partial charge in [-0.3, -0.25) is 0 Å². The summed E-state index contributed by atoms with van der Waals surface area (Å²) < 4.78 is 6.01. The minimum absolute atomic E-state index is 0.325. The summed E-state index contributed by atoms with van der Waals surface area (Å²) in [5.74, 6) is 1.59. The lowest BCUT2D eigenvalue weighted by molar-refractivity contribution is 0.146. The Kier molecular flexibility index (Phi) is 4.19. The van der Waals surface area contributed by atoms with Crippen LogP contribution in [0.5, 0.6) is 5.75 Å². The van der Waals surface area contributed by atoms with Gasteiger partial charge in [-0.1, -0.05) is 38.5 Å². The van der Waals surface area contributed by atoms with Crippen molar-refractivity contribution in [2.24, 2.45) is 5.92 Å². The van der Waals surface area contributed by atoms with Crippen LogP contribution in [-0.2, 0) is 0 Å². The van der Waals surface area contributed by atoms with Gasteiger partial charge in [-0.25, -0.2) is 0 Å². The maximum absolute atomic E-state index is 6.01. The molecule has 1 nitrogen and oxygen atoms in total. The van der Waals surface area contributed by atoms with Gasteiger partial charge in [-0.2, -0.15) is 0 Å². The first kappa shape index (κ1) is 12.1. The summed E-state index contributed by atoms with van der Waals surface area (Å²) in [6.45, 7) is 10.8. The maximum Gasteiger partial charge on any atom is 0.122 e. The highest BCUT2D eigenvalue weighted by molar-refractivity contribution is 5.35. The molecule has 0 fully saturated rings. The number of benzene rings is 1. The van der Waals surface area contributed by atoms with Gasteiger partial charge < -0.3 is 4.74 Å². The van der Waals surface area contributed by atoms with E-state index in [1.54, 1.807) is 0 Å². The molecule has 0 aromatic heterocycles. The van der Waals surface area contributed by atoms with Crippen LogP contribution in [0.15, 0.2) is 18.2 Å². The Morgan fingerprint density at radius 3 is 2.33 bits per heavy atom. The van der Waals surface area contributed by atoms with E-state index in [4.69, 9.17) is 4.74 Å². The molecular weight excluding hydrogens is 184 g/mol. The second kappa shape index (κ2) is 5.20. The lowest BCUT2D eigenvalue weighted by Gasteiger charge is -2.22. The molecule has 0 aliphatic carbocycles. The van der Waals surface area contributed by atoms with Crippen LogP contribution < -0.4 is 4.74 Å². The number of rotatable bonds is 4. The minimum atomic E-state index is 0.325. The molecule has 1 rings (SSSR count). The van der Waals surface area contributed by atoms with Crippen molar-refractivity contribution in [1.82, 2.24) is 0 Å². The van der Waals surface area contributed by atoms with E-state index in [1.807, 2.05) is 0 Å². The molecular formula is C14H22O. The van der Waals surface area contributed by atoms with Gasteiger partial charge in [0.15, 0.2) is 0 Å². The molecule has 84 valence electrons. The smallest absolute Gasteiger partial charge is 0.122 e. The van der Waals surface area contributed by atoms with Crippen LogP contribution in [-0.4, -0.2) is 6.10 Å². The van der Waals surface area contributed by atoms with Crippen LogP contribution in [0.1, 0.15) is 38.3 Å². The summed E-state index contributed by atoms with van der Waals surface area (Å²) in [6, 6.07) is 6.35. The van der Waals surface area contributed by atoms with Crippen molar-refractivity contribution in [2.45, 2.75) is 47.1 Å². The highest BCUT2D eigenvalue weighted by atomic mass is 16.5. The molecule has 0 saturated carbocycles. The van der Waals surface area contributed by atoms with Gasteiger partial charge in [0.25, 0.3) is 0 Å². The topological polar surface area (TPSA) is 9.23 Å². The van der Waals surface area contributed by atoms with Gasteiger partial charge in [-0.15, -0.1) is 0 Å². The van der Waals surface area contributed by atoms with Crippen molar-refractivity contribution in [3.05, 3.63) is 29.3 Å². The van der Waals surface area contributed by atoms with E-state index in [1.165, 1.54) is 11.1 Å². The monoisotopic (exact) mass is 206 g/mol. The Bertz CT molecular complexity index is 315. The fraction of sp³-hybridized carbons (Fsp3) is 0.571. The zero-order chi connectivity index (χ0) is 11.4. The molecule has 0 bridgehead atoms. The Morgan fingerprint density at radius 2 is 1.87 bits per heavy atom. The van der Waals surface area contributed by atoms with Gasteiger partial charge in [0.2, 0.25) is 0 Å². The van der Waals surface area contributed by atoms with E-state index in [9.17, 15) is 0 Å². The van der Waals surface area contributed by atoms with E-state index < -0.39 is 0 Å². The predicted octanol–water partition coefficient (Wildman–Crippen LogP) is 4.12. The second-order valence-corrected chi connectivity index (χ2v) is 4.58. The minimum Gasteiger partial charge on any atom is -0.490 e. The molecule has 0 N–H and O–H groups in total. The van der Waals surface area contributed by atoms with Crippen LogP contribution in [0.3, 0.4) is 0 Å². The Balaban J connectivity index is 2.79. The quantitative estimate of drug-likeness (QED) is 0.720. The third-order valence-corrected chi connectivity index (χ3v) is 2.75. The molecule has 15 heavy (non-hydrogen) atoms. The van der Waals surface area contributed by atoms with Crippen LogP contribution in [0.2, 0.25) is 0 Å². The van der Waals surface area contributed by atoms with E-state index in [0.29, 0.717) is 12.0 Å². The second-order valence-electron chi connectivity index (χ2n) is 4.58. The first-order valence-corrected chi connectivity index (χ1v) is 5.78. The standard InChI is InChI=1S/C14H22O/c1-6-13(10(2)3)15-14-8-7-11(4)9-12(14)5/h7-10,13H,6H2,1-5H3. The van der Waals surface area contributed by atoms with Crippen LogP contribution >= 0.6 is 0 Å². The molecule has 1 aromatic carbocycles. The van der Waals surface area contributed by atoms with Crippen molar-refractivity contribution < 1.29 is 4.74 Å². The summed E-state index contributed by atoms with van der Waals surface area (Å²) in [6.07, 6.45) is 1.39. The zero-order valence-corrected chi connectivity index (χ0v) is 10.5. The first-order chi connectivity index (χ1) is 7.04. The van der Waals surface area contributed by atoms with Crippen molar-refractivity contribution in [2.75, 3.05) is 0 Å². The van der Waals surface area contributed by atoms with Gasteiger partial charge in [0, 0.05) is 0 Å². The van der Waals surface area contributed by atoms with Crippen molar-refractivity contribution in [3.8, 4) is 5.75 Å². The van der Waals surface area contributed by atoms with Gasteiger partial charge in [-0.05, 0) is 37.8 Å². The van der Waals surface area contributed by atoms with E-state index in [-0.39, 0.29) is 0 Å². The van der Waals surface area contributed by atoms with Crippen LogP contribution in [0, 0.1) is 19.8 Å². The molecule has 0 amide bonds.